The number of nitriles is 1. The Labute approximate surface area is 130 Å². The molecule has 2 rings (SSSR count). The summed E-state index contributed by atoms with van der Waals surface area (Å²) in [5, 5.41) is 10.1. The Morgan fingerprint density at radius 3 is 2.65 bits per heavy atom. The molecule has 122 valence electrons. The molecule has 8 heteroatoms. The fourth-order valence-electron chi connectivity index (χ4n) is 2.40. The number of carbonyl (C=O) groups excluding carboxylic acids is 2. The van der Waals surface area contributed by atoms with Crippen molar-refractivity contribution in [3.63, 3.8) is 0 Å². The summed E-state index contributed by atoms with van der Waals surface area (Å²) >= 11 is 0. The van der Waals surface area contributed by atoms with Gasteiger partial charge in [0.15, 0.2) is 11.7 Å². The number of nitrogens with one attached hydrogen (secondary N) is 1. The maximum Gasteiger partial charge on any atom is 0.416 e. The molecule has 0 aliphatic carbocycles. The molecule has 0 fully saturated rings. The molecule has 23 heavy (non-hydrogen) atoms. The number of hydrazine groups is 1. The first-order chi connectivity index (χ1) is 10.7. The maximum atomic E-state index is 12.8. The number of alkyl halides is 3. The number of hydrogen-bond acceptors (Lipinski definition) is 4. The number of rotatable bonds is 3. The van der Waals surface area contributed by atoms with E-state index in [-0.39, 0.29) is 5.69 Å². The number of benzene rings is 1. The highest BCUT2D eigenvalue weighted by Gasteiger charge is 2.33. The molecule has 1 amide bonds. The number of fused-ring (bicyclic) bond motifs is 1. The molecule has 1 unspecified atom stereocenters. The maximum absolute atomic E-state index is 12.8. The van der Waals surface area contributed by atoms with Gasteiger partial charge < -0.3 is 0 Å². The van der Waals surface area contributed by atoms with Crippen LogP contribution in [-0.4, -0.2) is 18.2 Å². The zero-order valence-corrected chi connectivity index (χ0v) is 12.3. The first-order valence-corrected chi connectivity index (χ1v) is 6.92. The summed E-state index contributed by atoms with van der Waals surface area (Å²) in [5.41, 5.74) is 2.45. The summed E-state index contributed by atoms with van der Waals surface area (Å²) < 4.78 is 38.5. The third kappa shape index (κ3) is 3.62. The summed E-state index contributed by atoms with van der Waals surface area (Å²) in [6, 6.07) is 4.92. The highest BCUT2D eigenvalue weighted by Crippen LogP contribution is 2.35. The number of hydrogen-bond donors (Lipinski definition) is 1. The standard InChI is InChI=1S/C15H14F3N3O2/c1-9(22)12(8-19)14(23)20-21-6-2-3-10-4-5-11(7-13(10)21)15(16,17)18/h4-5,7,12H,2-3,6H2,1H3,(H,20,23). The van der Waals surface area contributed by atoms with Gasteiger partial charge in [0.05, 0.1) is 17.3 Å². The van der Waals surface area contributed by atoms with Crippen LogP contribution in [0, 0.1) is 17.2 Å². The van der Waals surface area contributed by atoms with Crippen molar-refractivity contribution in [2.45, 2.75) is 25.9 Å². The zero-order valence-electron chi connectivity index (χ0n) is 12.3. The van der Waals surface area contributed by atoms with Gasteiger partial charge in [0, 0.05) is 6.54 Å². The summed E-state index contributed by atoms with van der Waals surface area (Å²) in [4.78, 5) is 23.2. The lowest BCUT2D eigenvalue weighted by atomic mass is 10.0. The second kappa shape index (κ2) is 6.28. The van der Waals surface area contributed by atoms with Gasteiger partial charge in [-0.05, 0) is 37.5 Å². The van der Waals surface area contributed by atoms with E-state index in [1.54, 1.807) is 6.07 Å². The van der Waals surface area contributed by atoms with E-state index in [9.17, 15) is 22.8 Å². The molecule has 1 heterocycles. The van der Waals surface area contributed by atoms with E-state index in [1.165, 1.54) is 11.1 Å². The van der Waals surface area contributed by atoms with Crippen LogP contribution < -0.4 is 10.4 Å². The molecule has 1 aliphatic heterocycles. The molecule has 0 spiro atoms. The molecular formula is C15H14F3N3O2. The number of carbonyl (C=O) groups is 2. The van der Waals surface area contributed by atoms with Gasteiger partial charge in [0.2, 0.25) is 0 Å². The minimum Gasteiger partial charge on any atom is -0.298 e. The van der Waals surface area contributed by atoms with Crippen LogP contribution in [0.1, 0.15) is 24.5 Å². The summed E-state index contributed by atoms with van der Waals surface area (Å²) in [6.07, 6.45) is -3.26. The van der Waals surface area contributed by atoms with Gasteiger partial charge >= 0.3 is 6.18 Å². The third-order valence-corrected chi connectivity index (χ3v) is 3.57. The van der Waals surface area contributed by atoms with Gasteiger partial charge in [-0.1, -0.05) is 6.07 Å². The largest absolute Gasteiger partial charge is 0.416 e. The second-order valence-electron chi connectivity index (χ2n) is 5.25. The van der Waals surface area contributed by atoms with E-state index in [0.717, 1.165) is 19.1 Å². The van der Waals surface area contributed by atoms with Gasteiger partial charge in [0.25, 0.3) is 5.91 Å². The van der Waals surface area contributed by atoms with Gasteiger partial charge in [0.1, 0.15) is 0 Å². The SMILES string of the molecule is CC(=O)C(C#N)C(=O)NN1CCCc2ccc(C(F)(F)F)cc21. The van der Waals surface area contributed by atoms with E-state index in [0.29, 0.717) is 24.9 Å². The molecule has 1 aromatic carbocycles. The molecule has 0 saturated heterocycles. The van der Waals surface area contributed by atoms with E-state index in [2.05, 4.69) is 5.43 Å². The lowest BCUT2D eigenvalue weighted by Gasteiger charge is -2.32. The number of anilines is 1. The van der Waals surface area contributed by atoms with E-state index < -0.39 is 29.3 Å². The van der Waals surface area contributed by atoms with Crippen LogP contribution in [0.2, 0.25) is 0 Å². The number of ketones is 1. The van der Waals surface area contributed by atoms with Crippen LogP contribution in [0.4, 0.5) is 18.9 Å². The Balaban J connectivity index is 2.29. The fourth-order valence-corrected chi connectivity index (χ4v) is 2.40. The number of amides is 1. The summed E-state index contributed by atoms with van der Waals surface area (Å²) in [7, 11) is 0. The molecule has 1 aromatic rings. The molecule has 0 bridgehead atoms. The van der Waals surface area contributed by atoms with Crippen molar-refractivity contribution in [1.82, 2.24) is 5.43 Å². The van der Waals surface area contributed by atoms with Gasteiger partial charge in [-0.2, -0.15) is 18.4 Å². The number of nitrogens with zero attached hydrogens (tertiary/aromatic N) is 2. The number of halogens is 3. The molecular weight excluding hydrogens is 311 g/mol. The Kier molecular flexibility index (Phi) is 4.59. The van der Waals surface area contributed by atoms with Crippen LogP contribution in [0.25, 0.3) is 0 Å². The number of aryl methyl sites for hydroxylation is 1. The fraction of sp³-hybridized carbons (Fsp3) is 0.400. The lowest BCUT2D eigenvalue weighted by Crippen LogP contribution is -2.48. The molecule has 0 radical (unpaired) electrons. The molecule has 1 N–H and O–H groups in total. The average molecular weight is 325 g/mol. The smallest absolute Gasteiger partial charge is 0.298 e. The lowest BCUT2D eigenvalue weighted by molar-refractivity contribution is -0.137. The minimum atomic E-state index is -4.49. The van der Waals surface area contributed by atoms with Crippen molar-refractivity contribution in [3.8, 4) is 6.07 Å². The first-order valence-electron chi connectivity index (χ1n) is 6.92. The van der Waals surface area contributed by atoms with Crippen molar-refractivity contribution in [3.05, 3.63) is 29.3 Å². The van der Waals surface area contributed by atoms with E-state index >= 15 is 0 Å². The minimum absolute atomic E-state index is 0.236. The molecule has 5 nitrogen and oxygen atoms in total. The van der Waals surface area contributed by atoms with Crippen molar-refractivity contribution < 1.29 is 22.8 Å². The van der Waals surface area contributed by atoms with Crippen LogP contribution in [0.3, 0.4) is 0 Å². The predicted molar refractivity (Wildman–Crippen MR) is 75.0 cm³/mol. The quantitative estimate of drug-likeness (QED) is 0.865. The highest BCUT2D eigenvalue weighted by molar-refractivity contribution is 6.03. The van der Waals surface area contributed by atoms with Crippen molar-refractivity contribution >= 4 is 17.4 Å². The normalized spacial score (nSPS) is 15.3. The van der Waals surface area contributed by atoms with Crippen molar-refractivity contribution in [2.24, 2.45) is 5.92 Å². The number of Topliss-reactive ketones (excluding diaryl/α,β-unsaturated/α-hetero) is 1. The molecule has 0 saturated carbocycles. The van der Waals surface area contributed by atoms with Crippen molar-refractivity contribution in [2.75, 3.05) is 11.6 Å². The van der Waals surface area contributed by atoms with Crippen LogP contribution >= 0.6 is 0 Å². The highest BCUT2D eigenvalue weighted by atomic mass is 19.4. The second-order valence-corrected chi connectivity index (χ2v) is 5.25. The van der Waals surface area contributed by atoms with Crippen LogP contribution in [0.5, 0.6) is 0 Å². The van der Waals surface area contributed by atoms with Gasteiger partial charge in [-0.15, -0.1) is 0 Å². The van der Waals surface area contributed by atoms with Crippen LogP contribution in [0.15, 0.2) is 18.2 Å². The third-order valence-electron chi connectivity index (χ3n) is 3.57. The molecule has 0 aromatic heterocycles. The Hall–Kier alpha value is -2.56. The van der Waals surface area contributed by atoms with Gasteiger partial charge in [-0.25, -0.2) is 0 Å². The topological polar surface area (TPSA) is 73.2 Å². The molecule has 1 atom stereocenters. The summed E-state index contributed by atoms with van der Waals surface area (Å²) in [5.74, 6) is -2.94. The Morgan fingerprint density at radius 1 is 1.39 bits per heavy atom. The molecule has 1 aliphatic rings. The Bertz CT molecular complexity index is 680. The monoisotopic (exact) mass is 325 g/mol. The van der Waals surface area contributed by atoms with E-state index in [4.69, 9.17) is 5.26 Å². The van der Waals surface area contributed by atoms with Crippen LogP contribution in [-0.2, 0) is 22.2 Å². The summed E-state index contributed by atoms with van der Waals surface area (Å²) in [6.45, 7) is 1.41. The van der Waals surface area contributed by atoms with E-state index in [1.807, 2.05) is 0 Å². The first kappa shape index (κ1) is 16.8. The van der Waals surface area contributed by atoms with Crippen molar-refractivity contribution in [1.29, 1.82) is 5.26 Å². The average Bonchev–Trinajstić information content (AvgIpc) is 2.46. The Morgan fingerprint density at radius 2 is 2.09 bits per heavy atom. The van der Waals surface area contributed by atoms with Gasteiger partial charge in [-0.3, -0.25) is 20.0 Å². The predicted octanol–water partition coefficient (Wildman–Crippen LogP) is 2.22. The zero-order chi connectivity index (χ0) is 17.2.